The zero-order valence-corrected chi connectivity index (χ0v) is 6.54. The van der Waals surface area contributed by atoms with Gasteiger partial charge in [-0.25, -0.2) is 8.78 Å². The van der Waals surface area contributed by atoms with Gasteiger partial charge in [0.2, 0.25) is 0 Å². The van der Waals surface area contributed by atoms with E-state index in [2.05, 4.69) is 0 Å². The molecule has 0 aromatic carbocycles. The van der Waals surface area contributed by atoms with E-state index in [9.17, 15) is 22.0 Å². The van der Waals surface area contributed by atoms with Crippen molar-refractivity contribution >= 4 is 0 Å². The molecule has 0 aliphatic heterocycles. The minimum Gasteiger partial charge on any atom is -0.357 e. The van der Waals surface area contributed by atoms with Gasteiger partial charge in [0.05, 0.1) is 5.56 Å². The van der Waals surface area contributed by atoms with E-state index in [0.29, 0.717) is 0 Å². The van der Waals surface area contributed by atoms with Crippen molar-refractivity contribution in [3.8, 4) is 0 Å². The number of rotatable bonds is 1. The highest BCUT2D eigenvalue weighted by Gasteiger charge is 2.38. The van der Waals surface area contributed by atoms with Gasteiger partial charge in [0, 0.05) is 6.20 Å². The number of aromatic amines is 1. The van der Waals surface area contributed by atoms with Crippen LogP contribution in [0.3, 0.4) is 0 Å². The molecular weight excluding hydrogens is 193 g/mol. The van der Waals surface area contributed by atoms with Gasteiger partial charge in [0.15, 0.2) is 0 Å². The number of aryl methyl sites for hydroxylation is 1. The lowest BCUT2D eigenvalue weighted by Crippen LogP contribution is -2.09. The summed E-state index contributed by atoms with van der Waals surface area (Å²) < 4.78 is 60.4. The average Bonchev–Trinajstić information content (AvgIpc) is 2.28. The van der Waals surface area contributed by atoms with Gasteiger partial charge in [0.1, 0.15) is 5.69 Å². The van der Waals surface area contributed by atoms with Gasteiger partial charge >= 0.3 is 6.18 Å². The summed E-state index contributed by atoms with van der Waals surface area (Å²) in [6, 6.07) is 0. The van der Waals surface area contributed by atoms with E-state index >= 15 is 0 Å². The Balaban J connectivity index is 3.23. The fourth-order valence-corrected chi connectivity index (χ4v) is 1.05. The van der Waals surface area contributed by atoms with Crippen LogP contribution in [-0.4, -0.2) is 4.98 Å². The molecule has 13 heavy (non-hydrogen) atoms. The number of halogens is 5. The third kappa shape index (κ3) is 1.81. The van der Waals surface area contributed by atoms with Gasteiger partial charge in [-0.3, -0.25) is 0 Å². The Bertz CT molecular complexity index is 298. The van der Waals surface area contributed by atoms with Gasteiger partial charge in [-0.05, 0) is 12.5 Å². The van der Waals surface area contributed by atoms with E-state index < -0.39 is 23.9 Å². The summed E-state index contributed by atoms with van der Waals surface area (Å²) >= 11 is 0. The summed E-state index contributed by atoms with van der Waals surface area (Å²) in [6.45, 7) is 1.20. The van der Waals surface area contributed by atoms with Crippen molar-refractivity contribution in [2.75, 3.05) is 0 Å². The number of aromatic nitrogens is 1. The predicted molar refractivity (Wildman–Crippen MR) is 35.5 cm³/mol. The summed E-state index contributed by atoms with van der Waals surface area (Å²) in [5.74, 6) is 0. The molecule has 1 heterocycles. The maximum atomic E-state index is 12.1. The first-order chi connectivity index (χ1) is 5.84. The number of H-pyrrole nitrogens is 1. The highest BCUT2D eigenvalue weighted by molar-refractivity contribution is 5.32. The van der Waals surface area contributed by atoms with Crippen molar-refractivity contribution in [2.24, 2.45) is 0 Å². The summed E-state index contributed by atoms with van der Waals surface area (Å²) in [4.78, 5) is 1.79. The third-order valence-electron chi connectivity index (χ3n) is 1.63. The maximum absolute atomic E-state index is 12.1. The molecule has 0 saturated carbocycles. The zero-order chi connectivity index (χ0) is 10.2. The number of hydrogen-bond acceptors (Lipinski definition) is 0. The van der Waals surface area contributed by atoms with Crippen LogP contribution in [0.5, 0.6) is 0 Å². The Hall–Kier alpha value is -1.07. The van der Waals surface area contributed by atoms with Crippen LogP contribution in [0.4, 0.5) is 22.0 Å². The molecule has 0 spiro atoms. The molecule has 0 fully saturated rings. The standard InChI is InChI=1S/C7H6F5N/c1-3-2-13-5(7(10,11)12)4(3)6(8)9/h2,6,13H,1H3. The smallest absolute Gasteiger partial charge is 0.357 e. The van der Waals surface area contributed by atoms with Crippen molar-refractivity contribution in [1.29, 1.82) is 0 Å². The second-order valence-electron chi connectivity index (χ2n) is 2.56. The summed E-state index contributed by atoms with van der Waals surface area (Å²) in [7, 11) is 0. The Labute approximate surface area is 70.6 Å². The quantitative estimate of drug-likeness (QED) is 0.668. The number of alkyl halides is 5. The summed E-state index contributed by atoms with van der Waals surface area (Å²) in [5.41, 5.74) is -2.41. The first-order valence-electron chi connectivity index (χ1n) is 3.37. The minimum atomic E-state index is -4.75. The van der Waals surface area contributed by atoms with Crippen LogP contribution < -0.4 is 0 Å². The van der Waals surface area contributed by atoms with Crippen LogP contribution in [0.15, 0.2) is 6.20 Å². The predicted octanol–water partition coefficient (Wildman–Crippen LogP) is 3.28. The van der Waals surface area contributed by atoms with Gasteiger partial charge < -0.3 is 4.98 Å². The second-order valence-corrected chi connectivity index (χ2v) is 2.56. The van der Waals surface area contributed by atoms with Gasteiger partial charge in [-0.15, -0.1) is 0 Å². The van der Waals surface area contributed by atoms with E-state index in [0.717, 1.165) is 6.20 Å². The van der Waals surface area contributed by atoms with Gasteiger partial charge in [-0.2, -0.15) is 13.2 Å². The van der Waals surface area contributed by atoms with Crippen LogP contribution in [0.25, 0.3) is 0 Å². The van der Waals surface area contributed by atoms with E-state index in [1.165, 1.54) is 6.92 Å². The fourth-order valence-electron chi connectivity index (χ4n) is 1.05. The Morgan fingerprint density at radius 2 is 1.85 bits per heavy atom. The fraction of sp³-hybridized carbons (Fsp3) is 0.429. The normalized spacial score (nSPS) is 12.5. The molecule has 0 saturated heterocycles. The lowest BCUT2D eigenvalue weighted by molar-refractivity contribution is -0.142. The second kappa shape index (κ2) is 3.01. The van der Waals surface area contributed by atoms with Crippen molar-refractivity contribution in [2.45, 2.75) is 19.5 Å². The molecule has 1 aromatic rings. The maximum Gasteiger partial charge on any atom is 0.431 e. The summed E-state index contributed by atoms with van der Waals surface area (Å²) in [6.07, 6.45) is -6.94. The highest BCUT2D eigenvalue weighted by Crippen LogP contribution is 2.36. The third-order valence-corrected chi connectivity index (χ3v) is 1.63. The van der Waals surface area contributed by atoms with Gasteiger partial charge in [0.25, 0.3) is 6.43 Å². The number of nitrogens with one attached hydrogen (secondary N) is 1. The molecule has 1 N–H and O–H groups in total. The molecule has 1 nitrogen and oxygen atoms in total. The molecule has 0 aliphatic carbocycles. The average molecular weight is 199 g/mol. The molecule has 0 bridgehead atoms. The Morgan fingerprint density at radius 1 is 1.31 bits per heavy atom. The SMILES string of the molecule is Cc1c[nH]c(C(F)(F)F)c1C(F)F. The first-order valence-corrected chi connectivity index (χ1v) is 3.37. The van der Waals surface area contributed by atoms with Crippen LogP contribution >= 0.6 is 0 Å². The lowest BCUT2D eigenvalue weighted by atomic mass is 10.1. The largest absolute Gasteiger partial charge is 0.431 e. The molecule has 0 amide bonds. The molecule has 0 unspecified atom stereocenters. The van der Waals surface area contributed by atoms with Crippen LogP contribution in [0.2, 0.25) is 0 Å². The van der Waals surface area contributed by atoms with E-state index in [-0.39, 0.29) is 5.56 Å². The van der Waals surface area contributed by atoms with Crippen LogP contribution in [-0.2, 0) is 6.18 Å². The molecule has 0 atom stereocenters. The molecule has 0 aliphatic rings. The first kappa shape index (κ1) is 10.0. The van der Waals surface area contributed by atoms with Crippen LogP contribution in [0.1, 0.15) is 23.2 Å². The van der Waals surface area contributed by atoms with Crippen molar-refractivity contribution in [3.63, 3.8) is 0 Å². The molecule has 1 aromatic heterocycles. The Morgan fingerprint density at radius 3 is 2.15 bits per heavy atom. The van der Waals surface area contributed by atoms with E-state index in [1.807, 2.05) is 0 Å². The van der Waals surface area contributed by atoms with Crippen molar-refractivity contribution < 1.29 is 22.0 Å². The summed E-state index contributed by atoms with van der Waals surface area (Å²) in [5, 5.41) is 0. The minimum absolute atomic E-state index is 0.0812. The molecule has 1 rings (SSSR count). The molecular formula is C7H6F5N. The Kier molecular flexibility index (Phi) is 2.32. The molecule has 74 valence electrons. The van der Waals surface area contributed by atoms with Crippen molar-refractivity contribution in [1.82, 2.24) is 4.98 Å². The van der Waals surface area contributed by atoms with Crippen LogP contribution in [0, 0.1) is 6.92 Å². The topological polar surface area (TPSA) is 15.8 Å². The monoisotopic (exact) mass is 199 g/mol. The zero-order valence-electron chi connectivity index (χ0n) is 6.54. The lowest BCUT2D eigenvalue weighted by Gasteiger charge is -2.07. The molecule has 0 radical (unpaired) electrons. The highest BCUT2D eigenvalue weighted by atomic mass is 19.4. The molecule has 6 heteroatoms. The van der Waals surface area contributed by atoms with E-state index in [4.69, 9.17) is 0 Å². The van der Waals surface area contributed by atoms with Crippen molar-refractivity contribution in [3.05, 3.63) is 23.0 Å². The number of hydrogen-bond donors (Lipinski definition) is 1. The van der Waals surface area contributed by atoms with E-state index in [1.54, 1.807) is 4.98 Å². The van der Waals surface area contributed by atoms with Gasteiger partial charge in [-0.1, -0.05) is 0 Å².